The summed E-state index contributed by atoms with van der Waals surface area (Å²) in [6.07, 6.45) is 1.09. The number of hydrogen-bond acceptors (Lipinski definition) is 2. The van der Waals surface area contributed by atoms with Crippen LogP contribution in [0.4, 0.5) is 10.1 Å². The van der Waals surface area contributed by atoms with Gasteiger partial charge in [0.2, 0.25) is 0 Å². The minimum Gasteiger partial charge on any atom is -0.375 e. The minimum atomic E-state index is -0.206. The maximum Gasteiger partial charge on any atom is 0.191 e. The second-order valence-electron chi connectivity index (χ2n) is 5.72. The zero-order chi connectivity index (χ0) is 15.8. The summed E-state index contributed by atoms with van der Waals surface area (Å²) >= 11 is 0. The Hall–Kier alpha value is -1.05. The van der Waals surface area contributed by atoms with Crippen molar-refractivity contribution in [3.8, 4) is 0 Å². The van der Waals surface area contributed by atoms with Crippen molar-refractivity contribution in [1.82, 2.24) is 10.6 Å². The van der Waals surface area contributed by atoms with Gasteiger partial charge in [0.25, 0.3) is 0 Å². The molecule has 1 aromatic carbocycles. The summed E-state index contributed by atoms with van der Waals surface area (Å²) in [6, 6.07) is 5.28. The molecule has 0 aromatic heterocycles. The summed E-state index contributed by atoms with van der Waals surface area (Å²) < 4.78 is 13.9. The van der Waals surface area contributed by atoms with Crippen molar-refractivity contribution in [3.05, 3.63) is 29.6 Å². The van der Waals surface area contributed by atoms with Crippen molar-refractivity contribution in [2.45, 2.75) is 26.8 Å². The quantitative estimate of drug-likeness (QED) is 0.420. The Morgan fingerprint density at radius 2 is 1.95 bits per heavy atom. The molecule has 2 N–H and O–H groups in total. The average Bonchev–Trinajstić information content (AvgIpc) is 2.41. The highest BCUT2D eigenvalue weighted by molar-refractivity contribution is 14.0. The molecule has 0 aliphatic carbocycles. The largest absolute Gasteiger partial charge is 0.375 e. The molecule has 0 saturated carbocycles. The first-order valence-corrected chi connectivity index (χ1v) is 7.34. The van der Waals surface area contributed by atoms with Crippen LogP contribution in [-0.2, 0) is 6.54 Å². The van der Waals surface area contributed by atoms with E-state index in [4.69, 9.17) is 0 Å². The van der Waals surface area contributed by atoms with Gasteiger partial charge < -0.3 is 15.5 Å². The number of nitrogens with one attached hydrogen (secondary N) is 2. The number of anilines is 1. The van der Waals surface area contributed by atoms with E-state index in [1.807, 2.05) is 20.2 Å². The lowest BCUT2D eigenvalue weighted by atomic mass is 10.1. The first kappa shape index (κ1) is 20.9. The zero-order valence-corrected chi connectivity index (χ0v) is 16.4. The second-order valence-corrected chi connectivity index (χ2v) is 5.72. The van der Waals surface area contributed by atoms with Crippen LogP contribution in [0.2, 0.25) is 0 Å². The van der Waals surface area contributed by atoms with Crippen molar-refractivity contribution in [3.63, 3.8) is 0 Å². The van der Waals surface area contributed by atoms with Gasteiger partial charge in [0.1, 0.15) is 5.82 Å². The number of benzene rings is 1. The Morgan fingerprint density at radius 3 is 2.45 bits per heavy atom. The van der Waals surface area contributed by atoms with Gasteiger partial charge in [-0.25, -0.2) is 4.39 Å². The van der Waals surface area contributed by atoms with Gasteiger partial charge in [-0.1, -0.05) is 19.9 Å². The molecule has 0 saturated heterocycles. The van der Waals surface area contributed by atoms with E-state index in [0.717, 1.165) is 24.5 Å². The molecule has 0 spiro atoms. The highest BCUT2D eigenvalue weighted by Gasteiger charge is 2.06. The van der Waals surface area contributed by atoms with Crippen LogP contribution >= 0.6 is 24.0 Å². The minimum absolute atomic E-state index is 0. The van der Waals surface area contributed by atoms with E-state index in [9.17, 15) is 4.39 Å². The molecule has 0 aliphatic heterocycles. The van der Waals surface area contributed by atoms with E-state index >= 15 is 0 Å². The molecule has 0 heterocycles. The molecule has 0 atom stereocenters. The van der Waals surface area contributed by atoms with Gasteiger partial charge in [0.15, 0.2) is 5.96 Å². The van der Waals surface area contributed by atoms with Crippen LogP contribution in [0.1, 0.15) is 25.8 Å². The van der Waals surface area contributed by atoms with Crippen LogP contribution in [-0.4, -0.2) is 33.6 Å². The molecular weight excluding hydrogens is 394 g/mol. The third kappa shape index (κ3) is 7.29. The Bertz CT molecular complexity index is 475. The smallest absolute Gasteiger partial charge is 0.191 e. The molecule has 0 radical (unpaired) electrons. The van der Waals surface area contributed by atoms with Gasteiger partial charge >= 0.3 is 0 Å². The molecule has 6 heteroatoms. The van der Waals surface area contributed by atoms with E-state index in [1.54, 1.807) is 24.1 Å². The summed E-state index contributed by atoms with van der Waals surface area (Å²) in [4.78, 5) is 5.92. The van der Waals surface area contributed by atoms with Crippen molar-refractivity contribution in [2.24, 2.45) is 10.9 Å². The maximum absolute atomic E-state index is 13.9. The molecule has 1 aromatic rings. The van der Waals surface area contributed by atoms with Crippen molar-refractivity contribution in [1.29, 1.82) is 0 Å². The summed E-state index contributed by atoms with van der Waals surface area (Å²) in [7, 11) is 5.40. The summed E-state index contributed by atoms with van der Waals surface area (Å²) in [5.41, 5.74) is 1.49. The topological polar surface area (TPSA) is 39.7 Å². The maximum atomic E-state index is 13.9. The Kier molecular flexibility index (Phi) is 10.1. The van der Waals surface area contributed by atoms with Crippen molar-refractivity contribution >= 4 is 35.6 Å². The van der Waals surface area contributed by atoms with Crippen LogP contribution in [0, 0.1) is 11.7 Å². The fourth-order valence-electron chi connectivity index (χ4n) is 1.91. The van der Waals surface area contributed by atoms with Gasteiger partial charge in [-0.05, 0) is 30.0 Å². The van der Waals surface area contributed by atoms with Gasteiger partial charge in [-0.2, -0.15) is 0 Å². The first-order chi connectivity index (χ1) is 9.93. The fourth-order valence-corrected chi connectivity index (χ4v) is 1.91. The van der Waals surface area contributed by atoms with E-state index in [1.165, 1.54) is 0 Å². The van der Waals surface area contributed by atoms with Crippen LogP contribution in [0.25, 0.3) is 0 Å². The molecule has 0 fully saturated rings. The molecule has 0 unspecified atom stereocenters. The number of nitrogens with zero attached hydrogens (tertiary/aromatic N) is 2. The molecular formula is C16H28FIN4. The predicted octanol–water partition coefficient (Wildman–Crippen LogP) is 3.22. The molecule has 0 amide bonds. The van der Waals surface area contributed by atoms with Gasteiger partial charge in [0.05, 0.1) is 5.69 Å². The standard InChI is InChI=1S/C16H27FN4.HI/c1-12(2)8-9-19-16(18-3)20-11-13-6-7-15(21(4)5)14(17)10-13;/h6-7,10,12H,8-9,11H2,1-5H3,(H2,18,19,20);1H. The molecule has 126 valence electrons. The number of guanidine groups is 1. The highest BCUT2D eigenvalue weighted by Crippen LogP contribution is 2.18. The fraction of sp³-hybridized carbons (Fsp3) is 0.562. The van der Waals surface area contributed by atoms with Gasteiger partial charge in [0, 0.05) is 34.2 Å². The average molecular weight is 422 g/mol. The summed E-state index contributed by atoms with van der Waals surface area (Å²) in [5, 5.41) is 6.45. The molecule has 1 rings (SSSR count). The van der Waals surface area contributed by atoms with E-state index in [2.05, 4.69) is 29.5 Å². The highest BCUT2D eigenvalue weighted by atomic mass is 127. The Balaban J connectivity index is 0.00000441. The normalized spacial score (nSPS) is 11.1. The number of rotatable bonds is 6. The first-order valence-electron chi connectivity index (χ1n) is 7.34. The molecule has 22 heavy (non-hydrogen) atoms. The van der Waals surface area contributed by atoms with Crippen LogP contribution in [0.5, 0.6) is 0 Å². The van der Waals surface area contributed by atoms with Gasteiger partial charge in [-0.3, -0.25) is 4.99 Å². The Morgan fingerprint density at radius 1 is 1.27 bits per heavy atom. The van der Waals surface area contributed by atoms with Crippen molar-refractivity contribution < 1.29 is 4.39 Å². The van der Waals surface area contributed by atoms with E-state index in [0.29, 0.717) is 18.2 Å². The van der Waals surface area contributed by atoms with Crippen molar-refractivity contribution in [2.75, 3.05) is 32.6 Å². The van der Waals surface area contributed by atoms with Crippen LogP contribution in [0.15, 0.2) is 23.2 Å². The van der Waals surface area contributed by atoms with Crippen LogP contribution in [0.3, 0.4) is 0 Å². The van der Waals surface area contributed by atoms with E-state index in [-0.39, 0.29) is 29.8 Å². The summed E-state index contributed by atoms with van der Waals surface area (Å²) in [5.74, 6) is 1.19. The lowest BCUT2D eigenvalue weighted by molar-refractivity contribution is 0.573. The number of halogens is 2. The zero-order valence-electron chi connectivity index (χ0n) is 14.1. The molecule has 0 bridgehead atoms. The molecule has 4 nitrogen and oxygen atoms in total. The lowest BCUT2D eigenvalue weighted by Gasteiger charge is -2.15. The Labute approximate surface area is 150 Å². The lowest BCUT2D eigenvalue weighted by Crippen LogP contribution is -2.37. The SMILES string of the molecule is CN=C(NCCC(C)C)NCc1ccc(N(C)C)c(F)c1.I. The molecule has 0 aliphatic rings. The van der Waals surface area contributed by atoms with E-state index < -0.39 is 0 Å². The summed E-state index contributed by atoms with van der Waals surface area (Å²) in [6.45, 7) is 5.80. The monoisotopic (exact) mass is 422 g/mol. The second kappa shape index (κ2) is 10.6. The number of aliphatic imine (C=N–C) groups is 1. The third-order valence-corrected chi connectivity index (χ3v) is 3.19. The van der Waals surface area contributed by atoms with Crippen LogP contribution < -0.4 is 15.5 Å². The number of hydrogen-bond donors (Lipinski definition) is 2. The predicted molar refractivity (Wildman–Crippen MR) is 104 cm³/mol. The third-order valence-electron chi connectivity index (χ3n) is 3.19. The van der Waals surface area contributed by atoms with Gasteiger partial charge in [-0.15, -0.1) is 24.0 Å².